The van der Waals surface area contributed by atoms with Crippen molar-refractivity contribution in [1.29, 1.82) is 0 Å². The van der Waals surface area contributed by atoms with Crippen LogP contribution in [-0.2, 0) is 16.6 Å². The highest BCUT2D eigenvalue weighted by atomic mass is 35.5. The molecule has 0 bridgehead atoms. The zero-order valence-electron chi connectivity index (χ0n) is 17.5. The van der Waals surface area contributed by atoms with Crippen LogP contribution in [0.4, 0.5) is 0 Å². The maximum Gasteiger partial charge on any atom is 0.251 e. The van der Waals surface area contributed by atoms with Crippen molar-refractivity contribution in [2.24, 2.45) is 5.14 Å². The number of hydrogen-bond donors (Lipinski definition) is 2. The van der Waals surface area contributed by atoms with Gasteiger partial charge in [0.2, 0.25) is 10.0 Å². The first-order valence-corrected chi connectivity index (χ1v) is 11.6. The highest BCUT2D eigenvalue weighted by Gasteiger charge is 2.16. The van der Waals surface area contributed by atoms with E-state index in [0.717, 1.165) is 11.1 Å². The third-order valence-corrected chi connectivity index (χ3v) is 6.12. The lowest BCUT2D eigenvalue weighted by molar-refractivity contribution is 0.0939. The Balaban J connectivity index is 1.69. The van der Waals surface area contributed by atoms with Crippen LogP contribution in [0.2, 0.25) is 5.02 Å². The molecule has 0 fully saturated rings. The van der Waals surface area contributed by atoms with E-state index < -0.39 is 10.0 Å². The number of carbonyl (C=O) groups excluding carboxylic acids is 1. The van der Waals surface area contributed by atoms with Gasteiger partial charge in [-0.1, -0.05) is 41.9 Å². The Hall–Kier alpha value is -3.07. The lowest BCUT2D eigenvalue weighted by atomic mass is 10.1. The number of methoxy groups -OCH3 is 1. The molecule has 0 aliphatic rings. The van der Waals surface area contributed by atoms with E-state index in [9.17, 15) is 13.2 Å². The molecule has 0 radical (unpaired) electrons. The average Bonchev–Trinajstić information content (AvgIpc) is 2.78. The lowest BCUT2D eigenvalue weighted by Crippen LogP contribution is -2.26. The minimum atomic E-state index is -3.77. The second-order valence-electron chi connectivity index (χ2n) is 7.05. The van der Waals surface area contributed by atoms with Crippen molar-refractivity contribution in [2.75, 3.05) is 7.11 Å². The normalized spacial score (nSPS) is 12.1. The maximum absolute atomic E-state index is 12.7. The Morgan fingerprint density at radius 1 is 1.06 bits per heavy atom. The Labute approximate surface area is 192 Å². The topological polar surface area (TPSA) is 108 Å². The number of amides is 1. The molecule has 1 atom stereocenters. The van der Waals surface area contributed by atoms with Gasteiger partial charge in [0.1, 0.15) is 6.61 Å². The second kappa shape index (κ2) is 10.0. The zero-order valence-corrected chi connectivity index (χ0v) is 19.1. The second-order valence-corrected chi connectivity index (χ2v) is 9.02. The van der Waals surface area contributed by atoms with Crippen molar-refractivity contribution < 1.29 is 22.7 Å². The Bertz CT molecular complexity index is 1210. The molecule has 3 rings (SSSR count). The van der Waals surface area contributed by atoms with Crippen molar-refractivity contribution in [2.45, 2.75) is 24.5 Å². The van der Waals surface area contributed by atoms with Crippen LogP contribution in [0, 0.1) is 0 Å². The largest absolute Gasteiger partial charge is 0.493 e. The SMILES string of the molecule is COc1cc(C(=O)NC(C)c2ccc(S(N)(=O)=O)cc2)ccc1OCc1ccccc1Cl. The fraction of sp³-hybridized carbons (Fsp3) is 0.174. The lowest BCUT2D eigenvalue weighted by Gasteiger charge is -2.16. The van der Waals surface area contributed by atoms with Crippen LogP contribution < -0.4 is 19.9 Å². The predicted molar refractivity (Wildman–Crippen MR) is 122 cm³/mol. The first-order valence-electron chi connectivity index (χ1n) is 9.67. The van der Waals surface area contributed by atoms with Gasteiger partial charge < -0.3 is 14.8 Å². The molecule has 0 saturated carbocycles. The number of benzene rings is 3. The van der Waals surface area contributed by atoms with Gasteiger partial charge in [-0.05, 0) is 48.9 Å². The molecule has 0 aromatic heterocycles. The molecule has 0 aliphatic carbocycles. The van der Waals surface area contributed by atoms with Gasteiger partial charge in [-0.25, -0.2) is 13.6 Å². The van der Waals surface area contributed by atoms with Gasteiger partial charge in [-0.15, -0.1) is 0 Å². The molecule has 0 heterocycles. The van der Waals surface area contributed by atoms with Gasteiger partial charge in [0, 0.05) is 16.1 Å². The third kappa shape index (κ3) is 5.79. The standard InChI is InChI=1S/C23H23ClN2O5S/c1-15(16-7-10-19(11-8-16)32(25,28)29)26-23(27)17-9-12-21(22(13-17)30-2)31-14-18-5-3-4-6-20(18)24/h3-13,15H,14H2,1-2H3,(H,26,27)(H2,25,28,29). The molecule has 9 heteroatoms. The van der Waals surface area contributed by atoms with Gasteiger partial charge in [0.05, 0.1) is 18.0 Å². The summed E-state index contributed by atoms with van der Waals surface area (Å²) in [6.45, 7) is 2.05. The molecular weight excluding hydrogens is 452 g/mol. The van der Waals surface area contributed by atoms with Crippen molar-refractivity contribution in [3.63, 3.8) is 0 Å². The van der Waals surface area contributed by atoms with Gasteiger partial charge in [0.25, 0.3) is 5.91 Å². The summed E-state index contributed by atoms with van der Waals surface area (Å²) in [6, 6.07) is 17.9. The van der Waals surface area contributed by atoms with Crippen LogP contribution in [0.1, 0.15) is 34.5 Å². The van der Waals surface area contributed by atoms with Crippen molar-refractivity contribution in [3.05, 3.63) is 88.4 Å². The van der Waals surface area contributed by atoms with Crippen LogP contribution in [0.3, 0.4) is 0 Å². The van der Waals surface area contributed by atoms with Gasteiger partial charge in [-0.3, -0.25) is 4.79 Å². The van der Waals surface area contributed by atoms with Crippen LogP contribution in [0.5, 0.6) is 11.5 Å². The summed E-state index contributed by atoms with van der Waals surface area (Å²) >= 11 is 6.16. The average molecular weight is 475 g/mol. The monoisotopic (exact) mass is 474 g/mol. The summed E-state index contributed by atoms with van der Waals surface area (Å²) in [5.41, 5.74) is 1.96. The van der Waals surface area contributed by atoms with E-state index in [0.29, 0.717) is 22.1 Å². The first-order chi connectivity index (χ1) is 15.2. The van der Waals surface area contributed by atoms with E-state index in [1.165, 1.54) is 19.2 Å². The highest BCUT2D eigenvalue weighted by Crippen LogP contribution is 2.30. The smallest absolute Gasteiger partial charge is 0.251 e. The van der Waals surface area contributed by atoms with E-state index in [4.69, 9.17) is 26.2 Å². The third-order valence-electron chi connectivity index (χ3n) is 4.82. The van der Waals surface area contributed by atoms with Crippen LogP contribution in [0.25, 0.3) is 0 Å². The van der Waals surface area contributed by atoms with E-state index in [1.54, 1.807) is 43.3 Å². The molecule has 7 nitrogen and oxygen atoms in total. The number of rotatable bonds is 8. The summed E-state index contributed by atoms with van der Waals surface area (Å²) < 4.78 is 34.0. The molecule has 0 saturated heterocycles. The summed E-state index contributed by atoms with van der Waals surface area (Å²) in [5.74, 6) is 0.578. The quantitative estimate of drug-likeness (QED) is 0.511. The Morgan fingerprint density at radius 3 is 2.38 bits per heavy atom. The molecule has 3 N–H and O–H groups in total. The molecule has 3 aromatic carbocycles. The predicted octanol–water partition coefficient (Wildman–Crippen LogP) is 4.07. The minimum Gasteiger partial charge on any atom is -0.493 e. The van der Waals surface area contributed by atoms with Crippen LogP contribution in [-0.4, -0.2) is 21.4 Å². The molecule has 32 heavy (non-hydrogen) atoms. The number of nitrogens with one attached hydrogen (secondary N) is 1. The van der Waals surface area contributed by atoms with Crippen molar-refractivity contribution in [1.82, 2.24) is 5.32 Å². The molecule has 1 unspecified atom stereocenters. The van der Waals surface area contributed by atoms with Crippen LogP contribution >= 0.6 is 11.6 Å². The van der Waals surface area contributed by atoms with E-state index >= 15 is 0 Å². The summed E-state index contributed by atoms with van der Waals surface area (Å²) in [5, 5.41) is 8.59. The minimum absolute atomic E-state index is 0.0110. The van der Waals surface area contributed by atoms with Crippen LogP contribution in [0.15, 0.2) is 71.6 Å². The van der Waals surface area contributed by atoms with E-state index in [1.807, 2.05) is 18.2 Å². The number of nitrogens with two attached hydrogens (primary N) is 1. The highest BCUT2D eigenvalue weighted by molar-refractivity contribution is 7.89. The summed E-state index contributed by atoms with van der Waals surface area (Å²) in [6.07, 6.45) is 0. The van der Waals surface area contributed by atoms with Crippen molar-refractivity contribution >= 4 is 27.5 Å². The number of hydrogen-bond acceptors (Lipinski definition) is 5. The van der Waals surface area contributed by atoms with E-state index in [-0.39, 0.29) is 23.5 Å². The number of ether oxygens (including phenoxy) is 2. The molecular formula is C23H23ClN2O5S. The maximum atomic E-state index is 12.7. The molecule has 168 valence electrons. The summed E-state index contributed by atoms with van der Waals surface area (Å²) in [7, 11) is -2.27. The van der Waals surface area contributed by atoms with Crippen molar-refractivity contribution in [3.8, 4) is 11.5 Å². The van der Waals surface area contributed by atoms with E-state index in [2.05, 4.69) is 5.32 Å². The van der Waals surface area contributed by atoms with Gasteiger partial charge in [0.15, 0.2) is 11.5 Å². The van der Waals surface area contributed by atoms with Gasteiger partial charge in [-0.2, -0.15) is 0 Å². The number of halogens is 1. The molecule has 1 amide bonds. The molecule has 0 aliphatic heterocycles. The number of primary sulfonamides is 1. The summed E-state index contributed by atoms with van der Waals surface area (Å²) in [4.78, 5) is 12.7. The zero-order chi connectivity index (χ0) is 23.3. The fourth-order valence-corrected chi connectivity index (χ4v) is 3.71. The first kappa shape index (κ1) is 23.6. The Kier molecular flexibility index (Phi) is 7.40. The van der Waals surface area contributed by atoms with Gasteiger partial charge >= 0.3 is 0 Å². The molecule has 0 spiro atoms. The number of sulfonamides is 1. The Morgan fingerprint density at radius 2 is 1.75 bits per heavy atom. The fourth-order valence-electron chi connectivity index (χ4n) is 3.01. The molecule has 3 aromatic rings. The number of carbonyl (C=O) groups is 1.